The summed E-state index contributed by atoms with van der Waals surface area (Å²) in [5.41, 5.74) is 2.41. The number of hydrogen-bond donors (Lipinski definition) is 1. The second-order valence-electron chi connectivity index (χ2n) is 5.06. The second kappa shape index (κ2) is 9.56. The van der Waals surface area contributed by atoms with Crippen LogP contribution in [0.15, 0.2) is 36.4 Å². The van der Waals surface area contributed by atoms with Crippen molar-refractivity contribution in [1.29, 1.82) is 0 Å². The van der Waals surface area contributed by atoms with Gasteiger partial charge in [0, 0.05) is 25.2 Å². The first kappa shape index (κ1) is 16.7. The summed E-state index contributed by atoms with van der Waals surface area (Å²) in [5.74, 6) is 0.986. The molecule has 3 heteroatoms. The maximum Gasteiger partial charge on any atom is 0.123 e. The molecule has 0 saturated carbocycles. The van der Waals surface area contributed by atoms with Gasteiger partial charge >= 0.3 is 0 Å². The van der Waals surface area contributed by atoms with E-state index in [0.29, 0.717) is 6.61 Å². The SMILES string of the molecule is C=C(C)CN(CC)CCOc1ccccc1CNCC. The van der Waals surface area contributed by atoms with Crippen molar-refractivity contribution >= 4 is 0 Å². The molecular formula is C17H28N2O. The molecule has 0 spiro atoms. The number of para-hydroxylation sites is 1. The van der Waals surface area contributed by atoms with Crippen molar-refractivity contribution in [3.63, 3.8) is 0 Å². The van der Waals surface area contributed by atoms with E-state index in [1.807, 2.05) is 12.1 Å². The molecule has 1 N–H and O–H groups in total. The summed E-state index contributed by atoms with van der Waals surface area (Å²) < 4.78 is 5.94. The van der Waals surface area contributed by atoms with Gasteiger partial charge in [-0.1, -0.05) is 44.2 Å². The average Bonchev–Trinajstić information content (AvgIpc) is 2.44. The molecular weight excluding hydrogens is 248 g/mol. The van der Waals surface area contributed by atoms with Gasteiger partial charge in [-0.05, 0) is 26.1 Å². The molecule has 0 heterocycles. The molecule has 0 amide bonds. The molecule has 0 aliphatic rings. The second-order valence-corrected chi connectivity index (χ2v) is 5.06. The highest BCUT2D eigenvalue weighted by Crippen LogP contribution is 2.17. The monoisotopic (exact) mass is 276 g/mol. The molecule has 112 valence electrons. The summed E-state index contributed by atoms with van der Waals surface area (Å²) in [6, 6.07) is 8.24. The zero-order valence-corrected chi connectivity index (χ0v) is 13.1. The fraction of sp³-hybridized carbons (Fsp3) is 0.529. The molecule has 0 unspecified atom stereocenters. The van der Waals surface area contributed by atoms with Gasteiger partial charge < -0.3 is 10.1 Å². The van der Waals surface area contributed by atoms with E-state index in [4.69, 9.17) is 4.74 Å². The van der Waals surface area contributed by atoms with E-state index in [1.165, 1.54) is 11.1 Å². The molecule has 0 radical (unpaired) electrons. The van der Waals surface area contributed by atoms with Crippen molar-refractivity contribution in [2.24, 2.45) is 0 Å². The Balaban J connectivity index is 2.46. The van der Waals surface area contributed by atoms with Crippen LogP contribution in [0, 0.1) is 0 Å². The van der Waals surface area contributed by atoms with E-state index in [2.05, 4.69) is 49.7 Å². The van der Waals surface area contributed by atoms with Crippen molar-refractivity contribution in [1.82, 2.24) is 10.2 Å². The lowest BCUT2D eigenvalue weighted by atomic mass is 10.2. The van der Waals surface area contributed by atoms with Crippen LogP contribution in [0.25, 0.3) is 0 Å². The van der Waals surface area contributed by atoms with Gasteiger partial charge in [-0.3, -0.25) is 4.90 Å². The van der Waals surface area contributed by atoms with Crippen molar-refractivity contribution in [2.75, 3.05) is 32.8 Å². The minimum Gasteiger partial charge on any atom is -0.492 e. The zero-order chi connectivity index (χ0) is 14.8. The van der Waals surface area contributed by atoms with E-state index < -0.39 is 0 Å². The number of nitrogens with zero attached hydrogens (tertiary/aromatic N) is 1. The van der Waals surface area contributed by atoms with Crippen LogP contribution in [-0.2, 0) is 6.54 Å². The number of rotatable bonds is 10. The van der Waals surface area contributed by atoms with Gasteiger partial charge in [-0.15, -0.1) is 0 Å². The third kappa shape index (κ3) is 6.22. The van der Waals surface area contributed by atoms with Gasteiger partial charge in [0.05, 0.1) is 0 Å². The Morgan fingerprint density at radius 2 is 2.05 bits per heavy atom. The predicted molar refractivity (Wildman–Crippen MR) is 86.2 cm³/mol. The first-order valence-corrected chi connectivity index (χ1v) is 7.45. The van der Waals surface area contributed by atoms with Crippen molar-refractivity contribution in [2.45, 2.75) is 27.3 Å². The van der Waals surface area contributed by atoms with Crippen LogP contribution in [0.1, 0.15) is 26.3 Å². The Kier molecular flexibility index (Phi) is 8.00. The third-order valence-corrected chi connectivity index (χ3v) is 3.14. The van der Waals surface area contributed by atoms with Gasteiger partial charge in [-0.25, -0.2) is 0 Å². The smallest absolute Gasteiger partial charge is 0.123 e. The van der Waals surface area contributed by atoms with Crippen LogP contribution in [0.5, 0.6) is 5.75 Å². The van der Waals surface area contributed by atoms with E-state index in [1.54, 1.807) is 0 Å². The Morgan fingerprint density at radius 1 is 1.30 bits per heavy atom. The van der Waals surface area contributed by atoms with Gasteiger partial charge in [0.2, 0.25) is 0 Å². The average molecular weight is 276 g/mol. The van der Waals surface area contributed by atoms with E-state index in [0.717, 1.165) is 38.5 Å². The molecule has 3 nitrogen and oxygen atoms in total. The van der Waals surface area contributed by atoms with E-state index >= 15 is 0 Å². The summed E-state index contributed by atoms with van der Waals surface area (Å²) in [5, 5.41) is 3.34. The predicted octanol–water partition coefficient (Wildman–Crippen LogP) is 3.07. The highest BCUT2D eigenvalue weighted by molar-refractivity contribution is 5.33. The van der Waals surface area contributed by atoms with Crippen LogP contribution in [-0.4, -0.2) is 37.7 Å². The van der Waals surface area contributed by atoms with E-state index in [-0.39, 0.29) is 0 Å². The Hall–Kier alpha value is -1.32. The van der Waals surface area contributed by atoms with Crippen LogP contribution < -0.4 is 10.1 Å². The lowest BCUT2D eigenvalue weighted by Gasteiger charge is -2.21. The van der Waals surface area contributed by atoms with Gasteiger partial charge in [0.15, 0.2) is 0 Å². The van der Waals surface area contributed by atoms with Gasteiger partial charge in [0.25, 0.3) is 0 Å². The van der Waals surface area contributed by atoms with Crippen molar-refractivity contribution < 1.29 is 4.74 Å². The van der Waals surface area contributed by atoms with Crippen molar-refractivity contribution in [3.8, 4) is 5.75 Å². The quantitative estimate of drug-likeness (QED) is 0.665. The maximum absolute atomic E-state index is 5.94. The molecule has 1 aromatic carbocycles. The summed E-state index contributed by atoms with van der Waals surface area (Å²) in [6.07, 6.45) is 0. The van der Waals surface area contributed by atoms with Crippen LogP contribution in [0.4, 0.5) is 0 Å². The molecule has 0 saturated heterocycles. The first-order chi connectivity index (χ1) is 9.67. The number of nitrogens with one attached hydrogen (secondary N) is 1. The molecule has 1 rings (SSSR count). The zero-order valence-electron chi connectivity index (χ0n) is 13.1. The Bertz CT molecular complexity index is 404. The van der Waals surface area contributed by atoms with E-state index in [9.17, 15) is 0 Å². The summed E-state index contributed by atoms with van der Waals surface area (Å²) in [7, 11) is 0. The number of likely N-dealkylation sites (N-methyl/N-ethyl adjacent to an activating group) is 1. The van der Waals surface area contributed by atoms with Crippen molar-refractivity contribution in [3.05, 3.63) is 42.0 Å². The van der Waals surface area contributed by atoms with Gasteiger partial charge in [0.1, 0.15) is 12.4 Å². The fourth-order valence-electron chi connectivity index (χ4n) is 2.07. The maximum atomic E-state index is 5.94. The Labute approximate surface area is 123 Å². The summed E-state index contributed by atoms with van der Waals surface area (Å²) >= 11 is 0. The van der Waals surface area contributed by atoms with Crippen LogP contribution in [0.3, 0.4) is 0 Å². The molecule has 0 bridgehead atoms. The molecule has 0 aliphatic carbocycles. The largest absolute Gasteiger partial charge is 0.492 e. The molecule has 1 aromatic rings. The Morgan fingerprint density at radius 3 is 2.70 bits per heavy atom. The fourth-order valence-corrected chi connectivity index (χ4v) is 2.07. The number of ether oxygens (including phenoxy) is 1. The molecule has 20 heavy (non-hydrogen) atoms. The molecule has 0 aliphatic heterocycles. The molecule has 0 atom stereocenters. The number of benzene rings is 1. The molecule has 0 fully saturated rings. The van der Waals surface area contributed by atoms with Gasteiger partial charge in [-0.2, -0.15) is 0 Å². The lowest BCUT2D eigenvalue weighted by molar-refractivity contribution is 0.225. The highest BCUT2D eigenvalue weighted by atomic mass is 16.5. The normalized spacial score (nSPS) is 10.8. The first-order valence-electron chi connectivity index (χ1n) is 7.45. The highest BCUT2D eigenvalue weighted by Gasteiger charge is 2.05. The van der Waals surface area contributed by atoms with Crippen LogP contribution >= 0.6 is 0 Å². The number of hydrogen-bond acceptors (Lipinski definition) is 3. The lowest BCUT2D eigenvalue weighted by Crippen LogP contribution is -2.29. The topological polar surface area (TPSA) is 24.5 Å². The minimum absolute atomic E-state index is 0.713. The summed E-state index contributed by atoms with van der Waals surface area (Å²) in [6.45, 7) is 15.7. The summed E-state index contributed by atoms with van der Waals surface area (Å²) in [4.78, 5) is 2.34. The standard InChI is InChI=1S/C17H28N2O/c1-5-18-13-16-9-7-8-10-17(16)20-12-11-19(6-2)14-15(3)4/h7-10,18H,3,5-6,11-14H2,1-2,4H3. The third-order valence-electron chi connectivity index (χ3n) is 3.14. The molecule has 0 aromatic heterocycles. The van der Waals surface area contributed by atoms with Crippen LogP contribution in [0.2, 0.25) is 0 Å². The minimum atomic E-state index is 0.713.